The van der Waals surface area contributed by atoms with Gasteiger partial charge < -0.3 is 5.32 Å². The van der Waals surface area contributed by atoms with Gasteiger partial charge >= 0.3 is 0 Å². The van der Waals surface area contributed by atoms with E-state index in [1.807, 2.05) is 12.1 Å². The molecule has 2 unspecified atom stereocenters. The van der Waals surface area contributed by atoms with E-state index in [4.69, 9.17) is 0 Å². The normalized spacial score (nSPS) is 23.6. The quantitative estimate of drug-likeness (QED) is 0.792. The van der Waals surface area contributed by atoms with Crippen LogP contribution < -0.4 is 5.32 Å². The van der Waals surface area contributed by atoms with Crippen molar-refractivity contribution in [3.8, 4) is 0 Å². The Hall–Kier alpha value is -1.05. The fourth-order valence-electron chi connectivity index (χ4n) is 3.22. The lowest BCUT2D eigenvalue weighted by Crippen LogP contribution is -2.28. The lowest BCUT2D eigenvalue weighted by Gasteiger charge is -2.31. The molecule has 0 spiro atoms. The Bertz CT molecular complexity index is 414. The predicted octanol–water partition coefficient (Wildman–Crippen LogP) is 5.15. The van der Waals surface area contributed by atoms with Crippen LogP contribution in [0.15, 0.2) is 18.2 Å². The fourth-order valence-corrected chi connectivity index (χ4v) is 3.22. The minimum absolute atomic E-state index is 0.112. The van der Waals surface area contributed by atoms with Crippen molar-refractivity contribution in [2.75, 3.05) is 5.32 Å². The second-order valence-corrected chi connectivity index (χ2v) is 6.47. The standard InChI is InChI=1S/C17H26FN/c1-12(2)9-14-5-4-6-15(10-14)19-16-8-7-13(3)17(18)11-16/h7-8,11-12,14-15,19H,4-6,9-10H2,1-3H3. The lowest BCUT2D eigenvalue weighted by atomic mass is 9.81. The summed E-state index contributed by atoms with van der Waals surface area (Å²) in [4.78, 5) is 0. The van der Waals surface area contributed by atoms with Gasteiger partial charge in [-0.3, -0.25) is 0 Å². The Morgan fingerprint density at radius 3 is 2.79 bits per heavy atom. The third-order valence-corrected chi connectivity index (χ3v) is 4.13. The zero-order chi connectivity index (χ0) is 13.8. The maximum Gasteiger partial charge on any atom is 0.128 e. The summed E-state index contributed by atoms with van der Waals surface area (Å²) >= 11 is 0. The Balaban J connectivity index is 1.92. The number of anilines is 1. The van der Waals surface area contributed by atoms with Crippen LogP contribution in [0.1, 0.15) is 51.5 Å². The molecule has 1 saturated carbocycles. The molecule has 0 aliphatic heterocycles. The van der Waals surface area contributed by atoms with Crippen molar-refractivity contribution in [3.05, 3.63) is 29.6 Å². The van der Waals surface area contributed by atoms with Crippen LogP contribution >= 0.6 is 0 Å². The van der Waals surface area contributed by atoms with E-state index in [0.717, 1.165) is 17.5 Å². The highest BCUT2D eigenvalue weighted by atomic mass is 19.1. The fraction of sp³-hybridized carbons (Fsp3) is 0.647. The highest BCUT2D eigenvalue weighted by molar-refractivity contribution is 5.46. The molecule has 19 heavy (non-hydrogen) atoms. The third kappa shape index (κ3) is 4.22. The van der Waals surface area contributed by atoms with Crippen LogP contribution in [0.5, 0.6) is 0 Å². The monoisotopic (exact) mass is 263 g/mol. The van der Waals surface area contributed by atoms with Crippen molar-refractivity contribution < 1.29 is 4.39 Å². The summed E-state index contributed by atoms with van der Waals surface area (Å²) in [6.07, 6.45) is 6.42. The first-order chi connectivity index (χ1) is 9.04. The number of hydrogen-bond acceptors (Lipinski definition) is 1. The average molecular weight is 263 g/mol. The summed E-state index contributed by atoms with van der Waals surface area (Å²) in [5.41, 5.74) is 1.64. The average Bonchev–Trinajstić information content (AvgIpc) is 2.33. The third-order valence-electron chi connectivity index (χ3n) is 4.13. The van der Waals surface area contributed by atoms with Gasteiger partial charge in [0, 0.05) is 11.7 Å². The molecule has 2 heteroatoms. The number of aryl methyl sites for hydroxylation is 1. The maximum atomic E-state index is 13.5. The summed E-state index contributed by atoms with van der Waals surface area (Å²) in [7, 11) is 0. The molecule has 0 radical (unpaired) electrons. The topological polar surface area (TPSA) is 12.0 Å². The van der Waals surface area contributed by atoms with Crippen molar-refractivity contribution in [2.45, 2.75) is 58.9 Å². The Morgan fingerprint density at radius 2 is 2.11 bits per heavy atom. The molecule has 1 aliphatic carbocycles. The molecule has 0 aromatic heterocycles. The molecular formula is C17H26FN. The number of benzene rings is 1. The number of rotatable bonds is 4. The summed E-state index contributed by atoms with van der Waals surface area (Å²) in [5, 5.41) is 3.51. The number of nitrogens with one attached hydrogen (secondary N) is 1. The molecular weight excluding hydrogens is 237 g/mol. The van der Waals surface area contributed by atoms with Gasteiger partial charge in [0.2, 0.25) is 0 Å². The molecule has 2 rings (SSSR count). The molecule has 1 nitrogen and oxygen atoms in total. The second-order valence-electron chi connectivity index (χ2n) is 6.47. The first kappa shape index (κ1) is 14.4. The molecule has 1 fully saturated rings. The second kappa shape index (κ2) is 6.40. The van der Waals surface area contributed by atoms with Crippen LogP contribution in [0.4, 0.5) is 10.1 Å². The van der Waals surface area contributed by atoms with E-state index in [1.165, 1.54) is 32.1 Å². The molecule has 0 saturated heterocycles. The highest BCUT2D eigenvalue weighted by Crippen LogP contribution is 2.31. The maximum absolute atomic E-state index is 13.5. The van der Waals surface area contributed by atoms with E-state index in [-0.39, 0.29) is 5.82 Å². The van der Waals surface area contributed by atoms with Gasteiger partial charge in [-0.15, -0.1) is 0 Å². The molecule has 1 N–H and O–H groups in total. The zero-order valence-corrected chi connectivity index (χ0v) is 12.4. The molecule has 1 aliphatic rings. The van der Waals surface area contributed by atoms with Crippen molar-refractivity contribution in [2.24, 2.45) is 11.8 Å². The Morgan fingerprint density at radius 1 is 1.32 bits per heavy atom. The van der Waals surface area contributed by atoms with Gasteiger partial charge in [0.05, 0.1) is 0 Å². The molecule has 1 aromatic carbocycles. The number of hydrogen-bond donors (Lipinski definition) is 1. The van der Waals surface area contributed by atoms with Crippen LogP contribution in [0.2, 0.25) is 0 Å². The van der Waals surface area contributed by atoms with E-state index >= 15 is 0 Å². The van der Waals surface area contributed by atoms with Crippen LogP contribution in [-0.4, -0.2) is 6.04 Å². The molecule has 2 atom stereocenters. The van der Waals surface area contributed by atoms with Crippen LogP contribution in [-0.2, 0) is 0 Å². The van der Waals surface area contributed by atoms with Crippen LogP contribution in [0, 0.1) is 24.6 Å². The smallest absolute Gasteiger partial charge is 0.128 e. The van der Waals surface area contributed by atoms with E-state index in [0.29, 0.717) is 11.6 Å². The molecule has 106 valence electrons. The van der Waals surface area contributed by atoms with Gasteiger partial charge in [-0.2, -0.15) is 0 Å². The van der Waals surface area contributed by atoms with Crippen molar-refractivity contribution >= 4 is 5.69 Å². The first-order valence-corrected chi connectivity index (χ1v) is 7.57. The van der Waals surface area contributed by atoms with Crippen molar-refractivity contribution in [3.63, 3.8) is 0 Å². The lowest BCUT2D eigenvalue weighted by molar-refractivity contribution is 0.289. The van der Waals surface area contributed by atoms with Crippen LogP contribution in [0.3, 0.4) is 0 Å². The van der Waals surface area contributed by atoms with Crippen LogP contribution in [0.25, 0.3) is 0 Å². The Kier molecular flexibility index (Phi) is 4.84. The SMILES string of the molecule is Cc1ccc(NC2CCCC(CC(C)C)C2)cc1F. The Labute approximate surface area is 116 Å². The summed E-state index contributed by atoms with van der Waals surface area (Å²) in [6, 6.07) is 5.98. The van der Waals surface area contributed by atoms with Gasteiger partial charge in [-0.05, 0) is 55.7 Å². The first-order valence-electron chi connectivity index (χ1n) is 7.57. The summed E-state index contributed by atoms with van der Waals surface area (Å²) in [6.45, 7) is 6.40. The highest BCUT2D eigenvalue weighted by Gasteiger charge is 2.22. The van der Waals surface area contributed by atoms with Gasteiger partial charge in [-0.25, -0.2) is 4.39 Å². The minimum Gasteiger partial charge on any atom is -0.382 e. The summed E-state index contributed by atoms with van der Waals surface area (Å²) < 4.78 is 13.5. The van der Waals surface area contributed by atoms with Crippen molar-refractivity contribution in [1.29, 1.82) is 0 Å². The number of halogens is 1. The molecule has 0 amide bonds. The van der Waals surface area contributed by atoms with Gasteiger partial charge in [0.15, 0.2) is 0 Å². The van der Waals surface area contributed by atoms with E-state index < -0.39 is 0 Å². The van der Waals surface area contributed by atoms with E-state index in [1.54, 1.807) is 13.0 Å². The van der Waals surface area contributed by atoms with Gasteiger partial charge in [-0.1, -0.05) is 32.8 Å². The summed E-state index contributed by atoms with van der Waals surface area (Å²) in [5.74, 6) is 1.50. The predicted molar refractivity (Wildman–Crippen MR) is 80.0 cm³/mol. The van der Waals surface area contributed by atoms with E-state index in [2.05, 4.69) is 19.2 Å². The molecule has 0 heterocycles. The molecule has 0 bridgehead atoms. The van der Waals surface area contributed by atoms with Crippen molar-refractivity contribution in [1.82, 2.24) is 0 Å². The zero-order valence-electron chi connectivity index (χ0n) is 12.4. The van der Waals surface area contributed by atoms with Gasteiger partial charge in [0.1, 0.15) is 5.82 Å². The van der Waals surface area contributed by atoms with E-state index in [9.17, 15) is 4.39 Å². The minimum atomic E-state index is -0.112. The largest absolute Gasteiger partial charge is 0.382 e. The molecule has 1 aromatic rings. The van der Waals surface area contributed by atoms with Gasteiger partial charge in [0.25, 0.3) is 0 Å².